The van der Waals surface area contributed by atoms with Crippen molar-refractivity contribution in [1.82, 2.24) is 9.88 Å². The third-order valence-electron chi connectivity index (χ3n) is 6.58. The van der Waals surface area contributed by atoms with E-state index in [0.29, 0.717) is 25.2 Å². The van der Waals surface area contributed by atoms with Crippen molar-refractivity contribution in [3.05, 3.63) is 94.5 Å². The van der Waals surface area contributed by atoms with Crippen molar-refractivity contribution in [2.75, 3.05) is 13.7 Å². The number of ether oxygens (including phenoxy) is 2. The number of hydrogen-bond donors (Lipinski definition) is 1. The van der Waals surface area contributed by atoms with Crippen LogP contribution >= 0.6 is 11.3 Å². The highest BCUT2D eigenvalue weighted by molar-refractivity contribution is 7.15. The lowest BCUT2D eigenvalue weighted by molar-refractivity contribution is -0.136. The number of benzene rings is 3. The molecule has 0 saturated heterocycles. The summed E-state index contributed by atoms with van der Waals surface area (Å²) >= 11 is 1.68. The molecule has 0 unspecified atom stereocenters. The first-order chi connectivity index (χ1) is 19.7. The molecule has 1 N–H and O–H groups in total. The summed E-state index contributed by atoms with van der Waals surface area (Å²) in [5, 5.41) is 10.1. The van der Waals surface area contributed by atoms with Gasteiger partial charge in [-0.25, -0.2) is 9.78 Å². The lowest BCUT2D eigenvalue weighted by Gasteiger charge is -2.21. The van der Waals surface area contributed by atoms with E-state index in [9.17, 15) is 9.59 Å². The normalized spacial score (nSPS) is 11.0. The predicted molar refractivity (Wildman–Crippen MR) is 162 cm³/mol. The molecule has 7 nitrogen and oxygen atoms in total. The summed E-state index contributed by atoms with van der Waals surface area (Å²) in [5.74, 6) is -0.205. The summed E-state index contributed by atoms with van der Waals surface area (Å²) in [7, 11) is 1.66. The van der Waals surface area contributed by atoms with Gasteiger partial charge in [0.15, 0.2) is 0 Å². The maximum atomic E-state index is 12.3. The van der Waals surface area contributed by atoms with Crippen LogP contribution in [-0.4, -0.2) is 46.8 Å². The molecule has 214 valence electrons. The van der Waals surface area contributed by atoms with E-state index in [1.54, 1.807) is 32.2 Å². The van der Waals surface area contributed by atoms with Crippen LogP contribution in [0.4, 0.5) is 4.79 Å². The molecule has 41 heavy (non-hydrogen) atoms. The topological polar surface area (TPSA) is 89.0 Å². The highest BCUT2D eigenvalue weighted by atomic mass is 32.1. The zero-order valence-corrected chi connectivity index (χ0v) is 24.7. The minimum Gasteiger partial charge on any atom is -0.493 e. The van der Waals surface area contributed by atoms with Gasteiger partial charge in [0.25, 0.3) is 0 Å². The van der Waals surface area contributed by atoms with E-state index in [1.165, 1.54) is 16.0 Å². The van der Waals surface area contributed by atoms with Crippen molar-refractivity contribution in [3.63, 3.8) is 0 Å². The third-order valence-corrected chi connectivity index (χ3v) is 7.64. The van der Waals surface area contributed by atoms with Gasteiger partial charge >= 0.3 is 12.1 Å². The van der Waals surface area contributed by atoms with Gasteiger partial charge in [-0.3, -0.25) is 4.79 Å². The molecule has 0 aliphatic carbocycles. The summed E-state index contributed by atoms with van der Waals surface area (Å²) in [6, 6.07) is 24.4. The molecule has 8 heteroatoms. The Bertz CT molecular complexity index is 1460. The standard InChI is InChI=1S/C33H36N2O5S/c1-22(2)40-33(38)35(4)21-28-20-29(16-14-26(28)15-17-31(36)37)39-19-18-30-23(3)41-32(34-30)27-12-10-25(11-13-27)24-8-6-5-7-9-24/h5-14,16,20,22H,15,17-19,21H2,1-4H3,(H,36,37). The fraction of sp³-hybridized carbons (Fsp3) is 0.303. The Morgan fingerprint density at radius 1 is 0.927 bits per heavy atom. The molecule has 0 bridgehead atoms. The van der Waals surface area contributed by atoms with Crippen molar-refractivity contribution in [3.8, 4) is 27.4 Å². The number of thiazole rings is 1. The van der Waals surface area contributed by atoms with E-state index in [0.717, 1.165) is 32.3 Å². The molecule has 1 aromatic heterocycles. The average molecular weight is 573 g/mol. The molecule has 1 amide bonds. The van der Waals surface area contributed by atoms with Gasteiger partial charge in [0.05, 0.1) is 18.4 Å². The first kappa shape index (κ1) is 29.8. The summed E-state index contributed by atoms with van der Waals surface area (Å²) in [5.41, 5.74) is 6.15. The van der Waals surface area contributed by atoms with E-state index in [1.807, 2.05) is 36.4 Å². The van der Waals surface area contributed by atoms with Crippen LogP contribution in [0.2, 0.25) is 0 Å². The summed E-state index contributed by atoms with van der Waals surface area (Å²) < 4.78 is 11.4. The molecule has 4 aromatic rings. The van der Waals surface area contributed by atoms with E-state index < -0.39 is 12.1 Å². The van der Waals surface area contributed by atoms with Crippen LogP contribution in [0.3, 0.4) is 0 Å². The summed E-state index contributed by atoms with van der Waals surface area (Å²) in [4.78, 5) is 31.0. The van der Waals surface area contributed by atoms with Crippen molar-refractivity contribution in [1.29, 1.82) is 0 Å². The van der Waals surface area contributed by atoms with E-state index in [4.69, 9.17) is 19.6 Å². The number of aromatic nitrogens is 1. The molecule has 0 fully saturated rings. The third kappa shape index (κ3) is 8.41. The van der Waals surface area contributed by atoms with Gasteiger partial charge in [-0.15, -0.1) is 11.3 Å². The highest BCUT2D eigenvalue weighted by Gasteiger charge is 2.16. The van der Waals surface area contributed by atoms with Crippen molar-refractivity contribution >= 4 is 23.4 Å². The molecule has 0 saturated carbocycles. The van der Waals surface area contributed by atoms with Gasteiger partial charge in [0.2, 0.25) is 0 Å². The molecule has 0 spiro atoms. The number of hydrogen-bond acceptors (Lipinski definition) is 6. The second kappa shape index (κ2) is 13.9. The number of aliphatic carboxylic acids is 1. The highest BCUT2D eigenvalue weighted by Crippen LogP contribution is 2.30. The Kier molecular flexibility index (Phi) is 10.1. The Morgan fingerprint density at radius 3 is 2.29 bits per heavy atom. The fourth-order valence-corrected chi connectivity index (χ4v) is 5.39. The number of rotatable bonds is 12. The van der Waals surface area contributed by atoms with Crippen LogP contribution in [-0.2, 0) is 28.9 Å². The Morgan fingerprint density at radius 2 is 1.61 bits per heavy atom. The van der Waals surface area contributed by atoms with Gasteiger partial charge in [-0.05, 0) is 61.6 Å². The van der Waals surface area contributed by atoms with Crippen LogP contribution in [0.1, 0.15) is 42.0 Å². The second-order valence-corrected chi connectivity index (χ2v) is 11.4. The SMILES string of the molecule is Cc1sc(-c2ccc(-c3ccccc3)cc2)nc1CCOc1ccc(CCC(=O)O)c(CN(C)C(=O)OC(C)C)c1. The predicted octanol–water partition coefficient (Wildman–Crippen LogP) is 7.40. The van der Waals surface area contributed by atoms with Crippen LogP contribution in [0.5, 0.6) is 5.75 Å². The molecule has 0 aliphatic rings. The molecule has 0 radical (unpaired) electrons. The molecule has 3 aromatic carbocycles. The number of carbonyl (C=O) groups excluding carboxylic acids is 1. The van der Waals surface area contributed by atoms with E-state index >= 15 is 0 Å². The number of aryl methyl sites for hydroxylation is 2. The Hall–Kier alpha value is -4.17. The molecule has 0 aliphatic heterocycles. The van der Waals surface area contributed by atoms with Crippen LogP contribution in [0.15, 0.2) is 72.8 Å². The second-order valence-electron chi connectivity index (χ2n) is 10.2. The Balaban J connectivity index is 1.41. The number of carboxylic acids is 1. The Labute approximate surface area is 245 Å². The van der Waals surface area contributed by atoms with Crippen LogP contribution in [0, 0.1) is 6.92 Å². The number of carboxylic acid groups (broad SMARTS) is 1. The first-order valence-electron chi connectivity index (χ1n) is 13.7. The fourth-order valence-electron chi connectivity index (χ4n) is 4.42. The summed E-state index contributed by atoms with van der Waals surface area (Å²) in [6.07, 6.45) is 0.370. The average Bonchev–Trinajstić information content (AvgIpc) is 3.32. The lowest BCUT2D eigenvalue weighted by atomic mass is 10.0. The zero-order valence-electron chi connectivity index (χ0n) is 23.9. The van der Waals surface area contributed by atoms with Gasteiger partial charge in [-0.1, -0.05) is 60.7 Å². The molecule has 1 heterocycles. The first-order valence-corrected chi connectivity index (χ1v) is 14.5. The van der Waals surface area contributed by atoms with Crippen molar-refractivity contribution in [2.24, 2.45) is 0 Å². The molecule has 4 rings (SSSR count). The van der Waals surface area contributed by atoms with Gasteiger partial charge < -0.3 is 19.5 Å². The van der Waals surface area contributed by atoms with Gasteiger partial charge in [0.1, 0.15) is 10.8 Å². The van der Waals surface area contributed by atoms with Gasteiger partial charge in [-0.2, -0.15) is 0 Å². The maximum absolute atomic E-state index is 12.3. The minimum atomic E-state index is -0.867. The van der Waals surface area contributed by atoms with E-state index in [-0.39, 0.29) is 19.1 Å². The van der Waals surface area contributed by atoms with Crippen LogP contribution < -0.4 is 4.74 Å². The molecule has 0 atom stereocenters. The van der Waals surface area contributed by atoms with Gasteiger partial charge in [0, 0.05) is 36.9 Å². The zero-order chi connectivity index (χ0) is 29.4. The van der Waals surface area contributed by atoms with Crippen molar-refractivity contribution < 1.29 is 24.2 Å². The maximum Gasteiger partial charge on any atom is 0.410 e. The lowest BCUT2D eigenvalue weighted by Crippen LogP contribution is -2.29. The minimum absolute atomic E-state index is 0.00771. The van der Waals surface area contributed by atoms with Crippen LogP contribution in [0.25, 0.3) is 21.7 Å². The quantitative estimate of drug-likeness (QED) is 0.190. The van der Waals surface area contributed by atoms with E-state index in [2.05, 4.69) is 43.3 Å². The number of nitrogens with zero attached hydrogens (tertiary/aromatic N) is 2. The molecular formula is C33H36N2O5S. The summed E-state index contributed by atoms with van der Waals surface area (Å²) in [6.45, 7) is 6.40. The monoisotopic (exact) mass is 572 g/mol. The number of carbonyl (C=O) groups is 2. The van der Waals surface area contributed by atoms with Crippen molar-refractivity contribution in [2.45, 2.75) is 52.7 Å². The molecular weight excluding hydrogens is 536 g/mol. The number of amides is 1. The largest absolute Gasteiger partial charge is 0.493 e. The smallest absolute Gasteiger partial charge is 0.410 e.